The highest BCUT2D eigenvalue weighted by Crippen LogP contribution is 2.31. The van der Waals surface area contributed by atoms with E-state index < -0.39 is 0 Å². The molecule has 178 valence electrons. The fourth-order valence-corrected chi connectivity index (χ4v) is 5.22. The van der Waals surface area contributed by atoms with Gasteiger partial charge in [0.2, 0.25) is 0 Å². The molecule has 4 aromatic heterocycles. The summed E-state index contributed by atoms with van der Waals surface area (Å²) >= 11 is 0. The van der Waals surface area contributed by atoms with Crippen molar-refractivity contribution < 1.29 is 0 Å². The van der Waals surface area contributed by atoms with Crippen molar-refractivity contribution in [2.24, 2.45) is 0 Å². The first-order chi connectivity index (χ1) is 18.8. The van der Waals surface area contributed by atoms with Crippen molar-refractivity contribution in [2.45, 2.75) is 0 Å². The van der Waals surface area contributed by atoms with Crippen LogP contribution < -0.4 is 0 Å². The van der Waals surface area contributed by atoms with Crippen LogP contribution in [0.2, 0.25) is 0 Å². The number of hydrogen-bond donors (Lipinski definition) is 0. The lowest BCUT2D eigenvalue weighted by molar-refractivity contribution is 0.949. The Bertz CT molecular complexity index is 2070. The minimum absolute atomic E-state index is 0.814. The van der Waals surface area contributed by atoms with Crippen molar-refractivity contribution in [3.63, 3.8) is 0 Å². The van der Waals surface area contributed by atoms with E-state index in [1.54, 1.807) is 0 Å². The van der Waals surface area contributed by atoms with Gasteiger partial charge in [0, 0.05) is 33.7 Å². The van der Waals surface area contributed by atoms with Crippen LogP contribution in [0.5, 0.6) is 0 Å². The Hall–Kier alpha value is -5.29. The number of pyridine rings is 1. The number of aromatic nitrogens is 5. The Kier molecular flexibility index (Phi) is 4.45. The Labute approximate surface area is 218 Å². The molecule has 0 saturated heterocycles. The third-order valence-electron chi connectivity index (χ3n) is 7.15. The molecule has 0 unspecified atom stereocenters. The maximum atomic E-state index is 5.03. The van der Waals surface area contributed by atoms with Gasteiger partial charge in [-0.3, -0.25) is 0 Å². The summed E-state index contributed by atoms with van der Waals surface area (Å²) < 4.78 is 3.92. The second kappa shape index (κ2) is 8.11. The highest BCUT2D eigenvalue weighted by atomic mass is 15.3. The molecule has 0 amide bonds. The van der Waals surface area contributed by atoms with Crippen LogP contribution in [-0.4, -0.2) is 24.2 Å². The van der Waals surface area contributed by atoms with Crippen molar-refractivity contribution >= 4 is 32.7 Å². The van der Waals surface area contributed by atoms with Crippen molar-refractivity contribution in [3.05, 3.63) is 128 Å². The van der Waals surface area contributed by atoms with E-state index in [1.807, 2.05) is 39.4 Å². The van der Waals surface area contributed by atoms with E-state index in [0.29, 0.717) is 0 Å². The van der Waals surface area contributed by atoms with E-state index in [9.17, 15) is 0 Å². The van der Waals surface area contributed by atoms with Gasteiger partial charge in [0.15, 0.2) is 5.82 Å². The zero-order chi connectivity index (χ0) is 25.1. The molecule has 0 radical (unpaired) electrons. The van der Waals surface area contributed by atoms with Crippen molar-refractivity contribution in [3.8, 4) is 33.9 Å². The molecule has 8 rings (SSSR count). The molecule has 5 heteroatoms. The first-order valence-electron chi connectivity index (χ1n) is 12.6. The fourth-order valence-electron chi connectivity index (χ4n) is 5.22. The standard InChI is InChI=1S/C33H21N5/c1-2-8-22(9-3-1)31-20-32-28-12-6-7-13-29(28)34-33(38(32)36-31)24-16-14-23(15-17-24)30-19-27-18-25-10-4-5-11-26(25)21-37(27)35-30/h1-21H. The lowest BCUT2D eigenvalue weighted by Crippen LogP contribution is -1.99. The quantitative estimate of drug-likeness (QED) is 0.257. The Morgan fingerprint density at radius 2 is 1.21 bits per heavy atom. The zero-order valence-electron chi connectivity index (χ0n) is 20.4. The number of para-hydroxylation sites is 1. The number of rotatable bonds is 3. The predicted octanol–water partition coefficient (Wildman–Crippen LogP) is 7.68. The topological polar surface area (TPSA) is 47.5 Å². The minimum atomic E-state index is 0.814. The van der Waals surface area contributed by atoms with Crippen molar-refractivity contribution in [1.82, 2.24) is 24.2 Å². The second-order valence-electron chi connectivity index (χ2n) is 9.52. The van der Waals surface area contributed by atoms with Crippen LogP contribution in [0.3, 0.4) is 0 Å². The molecule has 0 atom stereocenters. The van der Waals surface area contributed by atoms with Gasteiger partial charge in [0.05, 0.1) is 27.9 Å². The van der Waals surface area contributed by atoms with Gasteiger partial charge in [-0.05, 0) is 29.7 Å². The minimum Gasteiger partial charge on any atom is -0.240 e. The first kappa shape index (κ1) is 20.9. The van der Waals surface area contributed by atoms with Gasteiger partial charge >= 0.3 is 0 Å². The maximum absolute atomic E-state index is 5.03. The summed E-state index contributed by atoms with van der Waals surface area (Å²) in [7, 11) is 0. The summed E-state index contributed by atoms with van der Waals surface area (Å²) in [6, 6.07) is 41.8. The van der Waals surface area contributed by atoms with Crippen LogP contribution >= 0.6 is 0 Å². The van der Waals surface area contributed by atoms with Crippen LogP contribution in [-0.2, 0) is 0 Å². The molecule has 0 aliphatic rings. The molecule has 0 saturated carbocycles. The average Bonchev–Trinajstić information content (AvgIpc) is 3.61. The highest BCUT2D eigenvalue weighted by molar-refractivity contribution is 5.96. The molecular weight excluding hydrogens is 466 g/mol. The van der Waals surface area contributed by atoms with Gasteiger partial charge in [0.25, 0.3) is 0 Å². The molecule has 0 spiro atoms. The monoisotopic (exact) mass is 487 g/mol. The van der Waals surface area contributed by atoms with Gasteiger partial charge in [-0.1, -0.05) is 97.1 Å². The van der Waals surface area contributed by atoms with Crippen molar-refractivity contribution in [1.29, 1.82) is 0 Å². The smallest absolute Gasteiger partial charge is 0.161 e. The van der Waals surface area contributed by atoms with E-state index in [1.165, 1.54) is 10.8 Å². The number of hydrogen-bond acceptors (Lipinski definition) is 3. The molecule has 5 nitrogen and oxygen atoms in total. The van der Waals surface area contributed by atoms with E-state index in [-0.39, 0.29) is 0 Å². The van der Waals surface area contributed by atoms with E-state index in [4.69, 9.17) is 15.2 Å². The number of fused-ring (bicyclic) bond motifs is 5. The zero-order valence-corrected chi connectivity index (χ0v) is 20.4. The average molecular weight is 488 g/mol. The molecule has 8 aromatic rings. The number of benzene rings is 4. The van der Waals surface area contributed by atoms with Gasteiger partial charge in [-0.15, -0.1) is 0 Å². The highest BCUT2D eigenvalue weighted by Gasteiger charge is 2.15. The third kappa shape index (κ3) is 3.29. The van der Waals surface area contributed by atoms with Crippen LogP contribution in [0.4, 0.5) is 0 Å². The van der Waals surface area contributed by atoms with Crippen LogP contribution in [0.15, 0.2) is 128 Å². The summed E-state index contributed by atoms with van der Waals surface area (Å²) in [5.41, 5.74) is 8.08. The normalized spacial score (nSPS) is 11.7. The van der Waals surface area contributed by atoms with Gasteiger partial charge in [-0.25, -0.2) is 14.0 Å². The second-order valence-corrected chi connectivity index (χ2v) is 9.52. The Morgan fingerprint density at radius 1 is 0.526 bits per heavy atom. The summed E-state index contributed by atoms with van der Waals surface area (Å²) in [6.45, 7) is 0. The maximum Gasteiger partial charge on any atom is 0.161 e. The third-order valence-corrected chi connectivity index (χ3v) is 7.15. The largest absolute Gasteiger partial charge is 0.240 e. The van der Waals surface area contributed by atoms with Crippen molar-refractivity contribution in [2.75, 3.05) is 0 Å². The van der Waals surface area contributed by atoms with Gasteiger partial charge in [-0.2, -0.15) is 10.2 Å². The van der Waals surface area contributed by atoms with E-state index in [0.717, 1.165) is 55.8 Å². The van der Waals surface area contributed by atoms with E-state index >= 15 is 0 Å². The van der Waals surface area contributed by atoms with Crippen LogP contribution in [0.1, 0.15) is 0 Å². The Morgan fingerprint density at radius 3 is 2.08 bits per heavy atom. The molecule has 0 aliphatic carbocycles. The summed E-state index contributed by atoms with van der Waals surface area (Å²) in [6.07, 6.45) is 2.08. The van der Waals surface area contributed by atoms with Gasteiger partial charge in [0.1, 0.15) is 0 Å². The molecule has 0 bridgehead atoms. The van der Waals surface area contributed by atoms with Crippen LogP contribution in [0, 0.1) is 0 Å². The lowest BCUT2D eigenvalue weighted by atomic mass is 10.1. The predicted molar refractivity (Wildman–Crippen MR) is 153 cm³/mol. The van der Waals surface area contributed by atoms with E-state index in [2.05, 4.69) is 97.2 Å². The molecule has 4 aromatic carbocycles. The fraction of sp³-hybridized carbons (Fsp3) is 0. The number of nitrogens with zero attached hydrogens (tertiary/aromatic N) is 5. The summed E-state index contributed by atoms with van der Waals surface area (Å²) in [4.78, 5) is 5.03. The summed E-state index contributed by atoms with van der Waals surface area (Å²) in [5, 5.41) is 13.3. The molecule has 0 N–H and O–H groups in total. The molecule has 4 heterocycles. The Balaban J connectivity index is 1.25. The van der Waals surface area contributed by atoms with Gasteiger partial charge < -0.3 is 0 Å². The lowest BCUT2D eigenvalue weighted by Gasteiger charge is -2.08. The van der Waals surface area contributed by atoms with Crippen LogP contribution in [0.25, 0.3) is 66.6 Å². The molecule has 0 aliphatic heterocycles. The summed E-state index contributed by atoms with van der Waals surface area (Å²) in [5.74, 6) is 0.814. The first-order valence-corrected chi connectivity index (χ1v) is 12.6. The SMILES string of the molecule is c1ccc(-c2cc3c4ccccc4nc(-c4ccc(-c5cc6cc7ccccc7cn6n5)cc4)n3n2)cc1. The molecular formula is C33H21N5. The molecule has 0 fully saturated rings. The molecule has 38 heavy (non-hydrogen) atoms.